The summed E-state index contributed by atoms with van der Waals surface area (Å²) in [6.07, 6.45) is 1.66. The van der Waals surface area contributed by atoms with Gasteiger partial charge in [-0.1, -0.05) is 12.1 Å². The largest absolute Gasteiger partial charge is 0.381 e. The zero-order valence-corrected chi connectivity index (χ0v) is 14.4. The normalized spacial score (nSPS) is 25.3. The van der Waals surface area contributed by atoms with Gasteiger partial charge in [0.1, 0.15) is 10.7 Å². The Hall–Kier alpha value is -1.02. The molecule has 128 valence electrons. The van der Waals surface area contributed by atoms with Crippen molar-refractivity contribution in [3.63, 3.8) is 0 Å². The Morgan fingerprint density at radius 2 is 1.91 bits per heavy atom. The van der Waals surface area contributed by atoms with Crippen LogP contribution in [0.25, 0.3) is 0 Å². The number of hydrogen-bond donors (Lipinski definition) is 0. The van der Waals surface area contributed by atoms with Gasteiger partial charge in [-0.3, -0.25) is 0 Å². The molecule has 0 aromatic heterocycles. The summed E-state index contributed by atoms with van der Waals surface area (Å²) in [7, 11) is 0.126. The Labute approximate surface area is 137 Å². The molecule has 7 heteroatoms. The second kappa shape index (κ2) is 6.12. The number of hydrogen-bond acceptors (Lipinski definition) is 4. The Morgan fingerprint density at radius 3 is 2.52 bits per heavy atom. The highest BCUT2D eigenvalue weighted by Crippen LogP contribution is 2.43. The van der Waals surface area contributed by atoms with Gasteiger partial charge >= 0.3 is 0 Å². The van der Waals surface area contributed by atoms with Crippen LogP contribution in [-0.2, 0) is 14.8 Å². The standard InChI is InChI=1S/C16H23FN2O3S/c1-18(2)15-11-19(12-16(15)7-9-22-10-8-16)23(20,21)14-6-4-3-5-13(14)17/h3-6,15H,7-12H2,1-2H3. The molecule has 0 saturated carbocycles. The smallest absolute Gasteiger partial charge is 0.246 e. The molecule has 2 aliphatic rings. The zero-order valence-electron chi connectivity index (χ0n) is 13.5. The van der Waals surface area contributed by atoms with E-state index in [0.29, 0.717) is 26.3 Å². The third-order valence-electron chi connectivity index (χ3n) is 5.14. The number of likely N-dealkylation sites (N-methyl/N-ethyl adjacent to an activating group) is 1. The van der Waals surface area contributed by atoms with Crippen molar-refractivity contribution in [1.29, 1.82) is 0 Å². The van der Waals surface area contributed by atoms with E-state index >= 15 is 0 Å². The lowest BCUT2D eigenvalue weighted by atomic mass is 9.75. The first kappa shape index (κ1) is 16.8. The van der Waals surface area contributed by atoms with Crippen LogP contribution in [0.2, 0.25) is 0 Å². The van der Waals surface area contributed by atoms with Crippen LogP contribution in [0.1, 0.15) is 12.8 Å². The summed E-state index contributed by atoms with van der Waals surface area (Å²) in [5.74, 6) is -0.693. The summed E-state index contributed by atoms with van der Waals surface area (Å²) in [5, 5.41) is 0. The highest BCUT2D eigenvalue weighted by atomic mass is 32.2. The van der Waals surface area contributed by atoms with Gasteiger partial charge in [-0.25, -0.2) is 12.8 Å². The molecule has 1 aromatic rings. The minimum absolute atomic E-state index is 0.111. The van der Waals surface area contributed by atoms with Gasteiger partial charge in [0.15, 0.2) is 0 Å². The fourth-order valence-corrected chi connectivity index (χ4v) is 5.47. The van der Waals surface area contributed by atoms with Crippen molar-refractivity contribution >= 4 is 10.0 Å². The Balaban J connectivity index is 1.94. The molecule has 3 rings (SSSR count). The molecule has 1 aromatic carbocycles. The van der Waals surface area contributed by atoms with Crippen molar-refractivity contribution in [2.24, 2.45) is 5.41 Å². The van der Waals surface area contributed by atoms with Crippen molar-refractivity contribution in [3.8, 4) is 0 Å². The number of nitrogens with zero attached hydrogens (tertiary/aromatic N) is 2. The van der Waals surface area contributed by atoms with Crippen LogP contribution in [0.3, 0.4) is 0 Å². The van der Waals surface area contributed by atoms with Crippen LogP contribution in [0.4, 0.5) is 4.39 Å². The molecule has 1 spiro atoms. The lowest BCUT2D eigenvalue weighted by molar-refractivity contribution is -0.00716. The van der Waals surface area contributed by atoms with Crippen molar-refractivity contribution < 1.29 is 17.5 Å². The van der Waals surface area contributed by atoms with E-state index in [4.69, 9.17) is 4.74 Å². The van der Waals surface area contributed by atoms with E-state index in [2.05, 4.69) is 4.90 Å². The molecular weight excluding hydrogens is 319 g/mol. The highest BCUT2D eigenvalue weighted by molar-refractivity contribution is 7.89. The van der Waals surface area contributed by atoms with Crippen LogP contribution in [0.15, 0.2) is 29.2 Å². The van der Waals surface area contributed by atoms with E-state index in [9.17, 15) is 12.8 Å². The lowest BCUT2D eigenvalue weighted by Crippen LogP contribution is -2.46. The average Bonchev–Trinajstić information content (AvgIpc) is 2.88. The van der Waals surface area contributed by atoms with Crippen LogP contribution < -0.4 is 0 Å². The van der Waals surface area contributed by atoms with Gasteiger partial charge in [0, 0.05) is 37.8 Å². The number of benzene rings is 1. The number of ether oxygens (including phenoxy) is 1. The number of sulfonamides is 1. The third kappa shape index (κ3) is 2.91. The molecule has 23 heavy (non-hydrogen) atoms. The summed E-state index contributed by atoms with van der Waals surface area (Å²) in [4.78, 5) is 1.85. The summed E-state index contributed by atoms with van der Waals surface area (Å²) >= 11 is 0. The monoisotopic (exact) mass is 342 g/mol. The van der Waals surface area contributed by atoms with Gasteiger partial charge in [0.2, 0.25) is 10.0 Å². The summed E-state index contributed by atoms with van der Waals surface area (Å²) in [6, 6.07) is 5.70. The maximum atomic E-state index is 14.0. The van der Waals surface area contributed by atoms with E-state index in [1.54, 1.807) is 6.07 Å². The molecule has 2 fully saturated rings. The fraction of sp³-hybridized carbons (Fsp3) is 0.625. The van der Waals surface area contributed by atoms with Crippen LogP contribution >= 0.6 is 0 Å². The first-order valence-corrected chi connectivity index (χ1v) is 9.30. The average molecular weight is 342 g/mol. The maximum absolute atomic E-state index is 14.0. The first-order chi connectivity index (χ1) is 10.9. The second-order valence-corrected chi connectivity index (χ2v) is 8.59. The zero-order chi connectivity index (χ0) is 16.7. The molecular formula is C16H23FN2O3S. The Bertz CT molecular complexity index is 672. The molecule has 1 unspecified atom stereocenters. The highest BCUT2D eigenvalue weighted by Gasteiger charge is 2.51. The molecule has 0 amide bonds. The van der Waals surface area contributed by atoms with Gasteiger partial charge in [0.05, 0.1) is 0 Å². The SMILES string of the molecule is CN(C)C1CN(S(=O)(=O)c2ccccc2F)CC12CCOCC2. The third-order valence-corrected chi connectivity index (χ3v) is 6.99. The van der Waals surface area contributed by atoms with Crippen molar-refractivity contribution in [3.05, 3.63) is 30.1 Å². The quantitative estimate of drug-likeness (QED) is 0.836. The summed E-state index contributed by atoms with van der Waals surface area (Å²) in [6.45, 7) is 2.12. The minimum Gasteiger partial charge on any atom is -0.381 e. The minimum atomic E-state index is -3.82. The number of rotatable bonds is 3. The second-order valence-electron chi connectivity index (χ2n) is 6.68. The molecule has 0 bridgehead atoms. The van der Waals surface area contributed by atoms with Crippen LogP contribution in [-0.4, -0.2) is 64.1 Å². The molecule has 0 radical (unpaired) electrons. The van der Waals surface area contributed by atoms with Crippen molar-refractivity contribution in [1.82, 2.24) is 9.21 Å². The van der Waals surface area contributed by atoms with Gasteiger partial charge in [-0.15, -0.1) is 0 Å². The first-order valence-electron chi connectivity index (χ1n) is 7.86. The van der Waals surface area contributed by atoms with Gasteiger partial charge in [0.25, 0.3) is 0 Å². The predicted molar refractivity (Wildman–Crippen MR) is 85.1 cm³/mol. The lowest BCUT2D eigenvalue weighted by Gasteiger charge is -2.40. The summed E-state index contributed by atoms with van der Waals surface area (Å²) < 4.78 is 46.7. The predicted octanol–water partition coefficient (Wildman–Crippen LogP) is 1.56. The van der Waals surface area contributed by atoms with Gasteiger partial charge < -0.3 is 9.64 Å². The summed E-state index contributed by atoms with van der Waals surface area (Å²) in [5.41, 5.74) is -0.111. The van der Waals surface area contributed by atoms with E-state index in [1.165, 1.54) is 22.5 Å². The molecule has 2 saturated heterocycles. The topological polar surface area (TPSA) is 49.9 Å². The van der Waals surface area contributed by atoms with Crippen LogP contribution in [0, 0.1) is 11.2 Å². The van der Waals surface area contributed by atoms with E-state index in [0.717, 1.165) is 12.8 Å². The van der Waals surface area contributed by atoms with Gasteiger partial charge in [-0.2, -0.15) is 4.31 Å². The molecule has 0 N–H and O–H groups in total. The molecule has 0 aliphatic carbocycles. The van der Waals surface area contributed by atoms with Crippen molar-refractivity contribution in [2.75, 3.05) is 40.4 Å². The molecule has 2 heterocycles. The van der Waals surface area contributed by atoms with E-state index < -0.39 is 15.8 Å². The van der Waals surface area contributed by atoms with E-state index in [1.807, 2.05) is 14.1 Å². The fourth-order valence-electron chi connectivity index (χ4n) is 3.86. The molecule has 2 aliphatic heterocycles. The number of halogens is 1. The van der Waals surface area contributed by atoms with E-state index in [-0.39, 0.29) is 16.4 Å². The molecule has 1 atom stereocenters. The van der Waals surface area contributed by atoms with Crippen LogP contribution in [0.5, 0.6) is 0 Å². The van der Waals surface area contributed by atoms with Crippen molar-refractivity contribution in [2.45, 2.75) is 23.8 Å². The van der Waals surface area contributed by atoms with Gasteiger partial charge in [-0.05, 0) is 39.1 Å². The Morgan fingerprint density at radius 1 is 1.26 bits per heavy atom. The maximum Gasteiger partial charge on any atom is 0.246 e. The molecule has 5 nitrogen and oxygen atoms in total. The Kier molecular flexibility index (Phi) is 4.48.